The van der Waals surface area contributed by atoms with Crippen LogP contribution in [0.4, 0.5) is 0 Å². The minimum atomic E-state index is 0.139. The van der Waals surface area contributed by atoms with Crippen molar-refractivity contribution in [1.29, 1.82) is 0 Å². The van der Waals surface area contributed by atoms with E-state index in [4.69, 9.17) is 4.74 Å². The van der Waals surface area contributed by atoms with Gasteiger partial charge < -0.3 is 9.64 Å². The summed E-state index contributed by atoms with van der Waals surface area (Å²) >= 11 is 3.43. The molecule has 1 saturated heterocycles. The Labute approximate surface area is 93.9 Å². The summed E-state index contributed by atoms with van der Waals surface area (Å²) in [6, 6.07) is 0.382. The summed E-state index contributed by atoms with van der Waals surface area (Å²) in [5.74, 6) is 0.139. The number of alkyl halides is 1. The second-order valence-corrected chi connectivity index (χ2v) is 4.24. The van der Waals surface area contributed by atoms with Crippen molar-refractivity contribution >= 4 is 21.8 Å². The maximum atomic E-state index is 11.7. The van der Waals surface area contributed by atoms with Gasteiger partial charge in [0.2, 0.25) is 5.91 Å². The number of ether oxygens (including phenoxy) is 1. The zero-order valence-electron chi connectivity index (χ0n) is 8.67. The molecule has 0 N–H and O–H groups in total. The van der Waals surface area contributed by atoms with Gasteiger partial charge in [-0.3, -0.25) is 4.79 Å². The monoisotopic (exact) mass is 263 g/mol. The van der Waals surface area contributed by atoms with Gasteiger partial charge in [-0.1, -0.05) is 22.9 Å². The van der Waals surface area contributed by atoms with Crippen LogP contribution in [-0.4, -0.2) is 41.9 Å². The third kappa shape index (κ3) is 3.24. The number of hydrogen-bond acceptors (Lipinski definition) is 2. The largest absolute Gasteiger partial charge is 0.372 e. The fraction of sp³-hybridized carbons (Fsp3) is 0.900. The van der Waals surface area contributed by atoms with E-state index in [1.54, 1.807) is 0 Å². The Balaban J connectivity index is 2.28. The van der Waals surface area contributed by atoms with E-state index in [1.165, 1.54) is 0 Å². The zero-order chi connectivity index (χ0) is 10.4. The quantitative estimate of drug-likeness (QED) is 0.559. The van der Waals surface area contributed by atoms with Crippen molar-refractivity contribution in [2.24, 2.45) is 0 Å². The highest BCUT2D eigenvalue weighted by Gasteiger charge is 2.27. The first-order chi connectivity index (χ1) is 6.79. The van der Waals surface area contributed by atoms with Gasteiger partial charge in [-0.15, -0.1) is 0 Å². The van der Waals surface area contributed by atoms with Crippen LogP contribution < -0.4 is 0 Å². The number of amides is 1. The number of hydrogen-bond donors (Lipinski definition) is 0. The lowest BCUT2D eigenvalue weighted by Crippen LogP contribution is -2.38. The van der Waals surface area contributed by atoms with E-state index in [9.17, 15) is 4.79 Å². The Bertz CT molecular complexity index is 187. The molecule has 0 aromatic rings. The van der Waals surface area contributed by atoms with Crippen molar-refractivity contribution in [1.82, 2.24) is 4.90 Å². The number of rotatable bonds is 5. The molecule has 0 spiro atoms. The van der Waals surface area contributed by atoms with E-state index in [2.05, 4.69) is 15.9 Å². The Morgan fingerprint density at radius 2 is 2.43 bits per heavy atom. The summed E-state index contributed by atoms with van der Waals surface area (Å²) in [6.07, 6.45) is 3.20. The average molecular weight is 264 g/mol. The first-order valence-electron chi connectivity index (χ1n) is 5.22. The van der Waals surface area contributed by atoms with Gasteiger partial charge in [-0.25, -0.2) is 0 Å². The lowest BCUT2D eigenvalue weighted by atomic mass is 10.2. The molecule has 0 aromatic heterocycles. The van der Waals surface area contributed by atoms with Crippen LogP contribution in [0, 0.1) is 0 Å². The van der Waals surface area contributed by atoms with Gasteiger partial charge in [0.15, 0.2) is 0 Å². The molecule has 0 saturated carbocycles. The number of halogens is 1. The Hall–Kier alpha value is -0.0900. The SMILES string of the molecule is CCCOCC(=O)N1CCCC1CBr. The second kappa shape index (κ2) is 6.40. The maximum Gasteiger partial charge on any atom is 0.248 e. The predicted octanol–water partition coefficient (Wildman–Crippen LogP) is 1.80. The molecular formula is C10H18BrNO2. The van der Waals surface area contributed by atoms with Crippen molar-refractivity contribution < 1.29 is 9.53 Å². The van der Waals surface area contributed by atoms with Crippen LogP contribution >= 0.6 is 15.9 Å². The van der Waals surface area contributed by atoms with Crippen LogP contribution in [0.3, 0.4) is 0 Å². The normalized spacial score (nSPS) is 21.6. The van der Waals surface area contributed by atoms with Crippen molar-refractivity contribution in [2.45, 2.75) is 32.2 Å². The molecule has 3 nitrogen and oxygen atoms in total. The molecule has 1 amide bonds. The van der Waals surface area contributed by atoms with Crippen LogP contribution in [0.25, 0.3) is 0 Å². The van der Waals surface area contributed by atoms with Gasteiger partial charge in [-0.05, 0) is 19.3 Å². The standard InChI is InChI=1S/C10H18BrNO2/c1-2-6-14-8-10(13)12-5-3-4-9(12)7-11/h9H,2-8H2,1H3. The smallest absolute Gasteiger partial charge is 0.248 e. The van der Waals surface area contributed by atoms with Crippen LogP contribution in [0.1, 0.15) is 26.2 Å². The van der Waals surface area contributed by atoms with E-state index in [1.807, 2.05) is 11.8 Å². The number of nitrogens with zero attached hydrogens (tertiary/aromatic N) is 1. The lowest BCUT2D eigenvalue weighted by Gasteiger charge is -2.22. The number of carbonyl (C=O) groups excluding carboxylic acids is 1. The zero-order valence-corrected chi connectivity index (χ0v) is 10.3. The minimum absolute atomic E-state index is 0.139. The summed E-state index contributed by atoms with van der Waals surface area (Å²) in [7, 11) is 0. The van der Waals surface area contributed by atoms with Crippen LogP contribution in [0.2, 0.25) is 0 Å². The summed E-state index contributed by atoms with van der Waals surface area (Å²) in [4.78, 5) is 13.6. The summed E-state index contributed by atoms with van der Waals surface area (Å²) in [6.45, 7) is 3.86. The molecule has 1 atom stereocenters. The first-order valence-corrected chi connectivity index (χ1v) is 6.35. The lowest BCUT2D eigenvalue weighted by molar-refractivity contribution is -0.136. The molecule has 0 bridgehead atoms. The predicted molar refractivity (Wildman–Crippen MR) is 59.6 cm³/mol. The average Bonchev–Trinajstić information content (AvgIpc) is 2.65. The summed E-state index contributed by atoms with van der Waals surface area (Å²) in [5, 5.41) is 0.881. The maximum absolute atomic E-state index is 11.7. The van der Waals surface area contributed by atoms with Gasteiger partial charge in [0.25, 0.3) is 0 Å². The second-order valence-electron chi connectivity index (χ2n) is 3.59. The fourth-order valence-corrected chi connectivity index (χ4v) is 2.38. The topological polar surface area (TPSA) is 29.5 Å². The number of likely N-dealkylation sites (tertiary alicyclic amines) is 1. The third-order valence-corrected chi connectivity index (χ3v) is 3.20. The highest BCUT2D eigenvalue weighted by atomic mass is 79.9. The highest BCUT2D eigenvalue weighted by Crippen LogP contribution is 2.18. The summed E-state index contributed by atoms with van der Waals surface area (Å²) < 4.78 is 5.24. The van der Waals surface area contributed by atoms with Crippen molar-refractivity contribution in [3.63, 3.8) is 0 Å². The third-order valence-electron chi connectivity index (χ3n) is 2.45. The van der Waals surface area contributed by atoms with Crippen LogP contribution in [0.15, 0.2) is 0 Å². The number of carbonyl (C=O) groups is 1. The van der Waals surface area contributed by atoms with E-state index >= 15 is 0 Å². The van der Waals surface area contributed by atoms with E-state index < -0.39 is 0 Å². The van der Waals surface area contributed by atoms with E-state index in [0.29, 0.717) is 12.6 Å². The molecule has 1 rings (SSSR count). The molecular weight excluding hydrogens is 246 g/mol. The van der Waals surface area contributed by atoms with Crippen LogP contribution in [-0.2, 0) is 9.53 Å². The Kier molecular flexibility index (Phi) is 5.48. The van der Waals surface area contributed by atoms with Crippen molar-refractivity contribution in [3.8, 4) is 0 Å². The molecule has 1 heterocycles. The summed E-state index contributed by atoms with van der Waals surface area (Å²) in [5.41, 5.74) is 0. The molecule has 82 valence electrons. The first kappa shape index (κ1) is 12.0. The van der Waals surface area contributed by atoms with E-state index in [-0.39, 0.29) is 12.5 Å². The molecule has 0 radical (unpaired) electrons. The van der Waals surface area contributed by atoms with E-state index in [0.717, 1.165) is 31.1 Å². The van der Waals surface area contributed by atoms with Gasteiger partial charge in [0.05, 0.1) is 0 Å². The Morgan fingerprint density at radius 3 is 3.07 bits per heavy atom. The minimum Gasteiger partial charge on any atom is -0.372 e. The fourth-order valence-electron chi connectivity index (χ4n) is 1.71. The molecule has 1 aliphatic rings. The molecule has 0 aliphatic carbocycles. The van der Waals surface area contributed by atoms with Crippen molar-refractivity contribution in [3.05, 3.63) is 0 Å². The van der Waals surface area contributed by atoms with Gasteiger partial charge in [0, 0.05) is 24.5 Å². The molecule has 1 fully saturated rings. The van der Waals surface area contributed by atoms with Crippen molar-refractivity contribution in [2.75, 3.05) is 25.1 Å². The van der Waals surface area contributed by atoms with Gasteiger partial charge in [-0.2, -0.15) is 0 Å². The van der Waals surface area contributed by atoms with Gasteiger partial charge >= 0.3 is 0 Å². The highest BCUT2D eigenvalue weighted by molar-refractivity contribution is 9.09. The molecule has 1 aliphatic heterocycles. The molecule has 4 heteroatoms. The molecule has 14 heavy (non-hydrogen) atoms. The molecule has 1 unspecified atom stereocenters. The van der Waals surface area contributed by atoms with Gasteiger partial charge in [0.1, 0.15) is 6.61 Å². The Morgan fingerprint density at radius 1 is 1.64 bits per heavy atom. The van der Waals surface area contributed by atoms with Crippen LogP contribution in [0.5, 0.6) is 0 Å². The molecule has 0 aromatic carbocycles.